The van der Waals surface area contributed by atoms with Crippen molar-refractivity contribution in [2.45, 2.75) is 52.0 Å². The molecule has 198 valence electrons. The zero-order chi connectivity index (χ0) is 27.5. The van der Waals surface area contributed by atoms with E-state index < -0.39 is 16.5 Å². The van der Waals surface area contributed by atoms with Gasteiger partial charge in [-0.15, -0.1) is 0 Å². The number of benzene rings is 2. The van der Waals surface area contributed by atoms with Crippen molar-refractivity contribution < 1.29 is 24.3 Å². The van der Waals surface area contributed by atoms with Gasteiger partial charge in [0.15, 0.2) is 5.60 Å². The molecular formula is C29H25N3O7. The van der Waals surface area contributed by atoms with Crippen LogP contribution in [0.5, 0.6) is 5.75 Å². The summed E-state index contributed by atoms with van der Waals surface area (Å²) in [5.74, 6) is -0.210. The fourth-order valence-electron chi connectivity index (χ4n) is 5.61. The fraction of sp³-hybridized carbons (Fsp3) is 0.276. The lowest BCUT2D eigenvalue weighted by Gasteiger charge is -2.31. The summed E-state index contributed by atoms with van der Waals surface area (Å²) in [6, 6.07) is 13.6. The number of carbonyl (C=O) groups excluding carboxylic acids is 1. The number of aliphatic hydroxyl groups is 1. The predicted octanol–water partition coefficient (Wildman–Crippen LogP) is 4.13. The maximum Gasteiger partial charge on any atom is 0.343 e. The lowest BCUT2D eigenvalue weighted by molar-refractivity contribution is -0.385. The van der Waals surface area contributed by atoms with Gasteiger partial charge in [0, 0.05) is 22.6 Å². The highest BCUT2D eigenvalue weighted by molar-refractivity contribution is 5.90. The average Bonchev–Trinajstić information content (AvgIpc) is 3.31. The molecule has 0 unspecified atom stereocenters. The molecule has 0 saturated carbocycles. The van der Waals surface area contributed by atoms with E-state index in [0.29, 0.717) is 41.2 Å². The van der Waals surface area contributed by atoms with E-state index in [1.54, 1.807) is 41.8 Å². The summed E-state index contributed by atoms with van der Waals surface area (Å²) in [5, 5.41) is 23.3. The van der Waals surface area contributed by atoms with Crippen LogP contribution in [0, 0.1) is 10.1 Å². The smallest absolute Gasteiger partial charge is 0.343 e. The Balaban J connectivity index is 1.43. The number of pyridine rings is 2. The molecule has 0 amide bonds. The van der Waals surface area contributed by atoms with Gasteiger partial charge in [0.05, 0.1) is 39.5 Å². The third-order valence-corrected chi connectivity index (χ3v) is 7.71. The number of nitrogens with zero attached hydrogens (tertiary/aromatic N) is 3. The molecular weight excluding hydrogens is 502 g/mol. The first-order valence-corrected chi connectivity index (χ1v) is 12.7. The highest BCUT2D eigenvalue weighted by atomic mass is 16.6. The summed E-state index contributed by atoms with van der Waals surface area (Å²) in [4.78, 5) is 41.7. The highest BCUT2D eigenvalue weighted by Crippen LogP contribution is 2.40. The van der Waals surface area contributed by atoms with E-state index in [-0.39, 0.29) is 42.0 Å². The van der Waals surface area contributed by atoms with E-state index in [9.17, 15) is 24.8 Å². The second kappa shape index (κ2) is 9.02. The van der Waals surface area contributed by atoms with Crippen LogP contribution in [-0.4, -0.2) is 25.6 Å². The molecule has 0 aliphatic carbocycles. The molecule has 2 aromatic carbocycles. The van der Waals surface area contributed by atoms with Crippen LogP contribution in [0.4, 0.5) is 5.69 Å². The Morgan fingerprint density at radius 3 is 2.69 bits per heavy atom. The van der Waals surface area contributed by atoms with Crippen molar-refractivity contribution in [2.75, 3.05) is 0 Å². The van der Waals surface area contributed by atoms with Gasteiger partial charge in [0.25, 0.3) is 11.2 Å². The molecule has 1 atom stereocenters. The van der Waals surface area contributed by atoms with Crippen LogP contribution in [0.2, 0.25) is 0 Å². The topological polar surface area (TPSA) is 134 Å². The Labute approximate surface area is 222 Å². The van der Waals surface area contributed by atoms with Gasteiger partial charge in [-0.1, -0.05) is 26.0 Å². The lowest BCUT2D eigenvalue weighted by Crippen LogP contribution is -2.44. The SMILES string of the molecule is CCc1c2c(nc3ccc(OCc4ccccc4[N+](=O)[O-])cc13)-c1cc3c(c(=O)n1C2)COC(=O)[C@]3(O)CC. The maximum atomic E-state index is 13.5. The van der Waals surface area contributed by atoms with E-state index in [0.717, 1.165) is 16.5 Å². The molecule has 0 spiro atoms. The standard InChI is InChI=1S/C29H25N3O7/c1-3-18-19-11-17(38-14-16-7-5-6-8-24(16)32(36)37)9-10-23(19)30-26-20(18)13-31-25(26)12-22-21(27(31)33)15-39-28(34)29(22,35)4-2/h5-12,35H,3-4,13-15H2,1-2H3/t29-/m0/s1. The van der Waals surface area contributed by atoms with E-state index in [1.807, 2.05) is 19.1 Å². The van der Waals surface area contributed by atoms with Crippen molar-refractivity contribution in [3.63, 3.8) is 0 Å². The Kier molecular flexibility index (Phi) is 5.72. The van der Waals surface area contributed by atoms with Crippen molar-refractivity contribution in [3.05, 3.63) is 96.8 Å². The first-order valence-electron chi connectivity index (χ1n) is 12.7. The molecule has 0 saturated heterocycles. The van der Waals surface area contributed by atoms with Gasteiger partial charge in [-0.3, -0.25) is 14.9 Å². The van der Waals surface area contributed by atoms with Crippen LogP contribution in [0.1, 0.15) is 48.1 Å². The number of esters is 1. The second-order valence-electron chi connectivity index (χ2n) is 9.73. The number of aromatic nitrogens is 2. The number of hydrogen-bond acceptors (Lipinski definition) is 8. The number of fused-ring (bicyclic) bond motifs is 5. The molecule has 10 nitrogen and oxygen atoms in total. The number of carbonyl (C=O) groups is 1. The number of rotatable bonds is 6. The van der Waals surface area contributed by atoms with Crippen LogP contribution in [0.3, 0.4) is 0 Å². The minimum absolute atomic E-state index is 0.00000232. The number of nitro groups is 1. The van der Waals surface area contributed by atoms with Gasteiger partial charge in [-0.05, 0) is 48.7 Å². The Hall–Kier alpha value is -4.57. The monoisotopic (exact) mass is 527 g/mol. The molecule has 10 heteroatoms. The predicted molar refractivity (Wildman–Crippen MR) is 141 cm³/mol. The number of ether oxygens (including phenoxy) is 2. The third kappa shape index (κ3) is 3.70. The molecule has 2 aliphatic rings. The second-order valence-corrected chi connectivity index (χ2v) is 9.73. The number of aryl methyl sites for hydroxylation is 1. The van der Waals surface area contributed by atoms with Crippen LogP contribution in [0.15, 0.2) is 53.3 Å². The summed E-state index contributed by atoms with van der Waals surface area (Å²) in [6.07, 6.45) is 0.743. The fourth-order valence-corrected chi connectivity index (χ4v) is 5.61. The van der Waals surface area contributed by atoms with Crippen LogP contribution in [0.25, 0.3) is 22.3 Å². The van der Waals surface area contributed by atoms with E-state index in [2.05, 4.69) is 0 Å². The molecule has 6 rings (SSSR count). The first kappa shape index (κ1) is 24.7. The summed E-state index contributed by atoms with van der Waals surface area (Å²) < 4.78 is 12.7. The molecule has 4 aromatic rings. The Morgan fingerprint density at radius 2 is 1.95 bits per heavy atom. The molecule has 2 aromatic heterocycles. The average molecular weight is 528 g/mol. The normalized spacial score (nSPS) is 17.4. The molecule has 39 heavy (non-hydrogen) atoms. The van der Waals surface area contributed by atoms with Crippen molar-refractivity contribution in [3.8, 4) is 17.1 Å². The van der Waals surface area contributed by atoms with Crippen LogP contribution >= 0.6 is 0 Å². The number of nitro benzene ring substituents is 1. The molecule has 0 bridgehead atoms. The van der Waals surface area contributed by atoms with Crippen molar-refractivity contribution >= 4 is 22.6 Å². The summed E-state index contributed by atoms with van der Waals surface area (Å²) in [7, 11) is 0. The third-order valence-electron chi connectivity index (χ3n) is 7.71. The van der Waals surface area contributed by atoms with Crippen LogP contribution < -0.4 is 10.3 Å². The zero-order valence-corrected chi connectivity index (χ0v) is 21.4. The number of para-hydroxylation sites is 1. The van der Waals surface area contributed by atoms with Crippen molar-refractivity contribution in [1.82, 2.24) is 9.55 Å². The van der Waals surface area contributed by atoms with Gasteiger partial charge in [-0.25, -0.2) is 9.78 Å². The Morgan fingerprint density at radius 1 is 1.15 bits per heavy atom. The lowest BCUT2D eigenvalue weighted by atomic mass is 9.86. The van der Waals surface area contributed by atoms with E-state index in [1.165, 1.54) is 6.07 Å². The summed E-state index contributed by atoms with van der Waals surface area (Å²) in [5.41, 5.74) is 2.65. The van der Waals surface area contributed by atoms with Gasteiger partial charge in [-0.2, -0.15) is 0 Å². The largest absolute Gasteiger partial charge is 0.489 e. The molecule has 0 radical (unpaired) electrons. The van der Waals surface area contributed by atoms with Crippen molar-refractivity contribution in [2.24, 2.45) is 0 Å². The van der Waals surface area contributed by atoms with Gasteiger partial charge in [0.1, 0.15) is 19.0 Å². The van der Waals surface area contributed by atoms with Gasteiger partial charge >= 0.3 is 5.97 Å². The molecule has 2 aliphatic heterocycles. The quantitative estimate of drug-likeness (QED) is 0.198. The highest BCUT2D eigenvalue weighted by Gasteiger charge is 2.45. The maximum absolute atomic E-state index is 13.5. The Bertz CT molecular complexity index is 1760. The van der Waals surface area contributed by atoms with Gasteiger partial charge in [0.2, 0.25) is 0 Å². The first-order chi connectivity index (χ1) is 18.8. The van der Waals surface area contributed by atoms with E-state index >= 15 is 0 Å². The molecule has 1 N–H and O–H groups in total. The number of cyclic esters (lactones) is 1. The van der Waals surface area contributed by atoms with Crippen molar-refractivity contribution in [1.29, 1.82) is 0 Å². The summed E-state index contributed by atoms with van der Waals surface area (Å²) in [6.45, 7) is 3.86. The zero-order valence-electron chi connectivity index (χ0n) is 21.4. The van der Waals surface area contributed by atoms with Gasteiger partial charge < -0.3 is 19.1 Å². The summed E-state index contributed by atoms with van der Waals surface area (Å²) >= 11 is 0. The molecule has 0 fully saturated rings. The number of hydrogen-bond donors (Lipinski definition) is 1. The molecule has 4 heterocycles. The van der Waals surface area contributed by atoms with Crippen LogP contribution in [-0.2, 0) is 41.3 Å². The minimum atomic E-state index is -1.88. The minimum Gasteiger partial charge on any atom is -0.489 e. The van der Waals surface area contributed by atoms with E-state index in [4.69, 9.17) is 14.5 Å².